The summed E-state index contributed by atoms with van der Waals surface area (Å²) in [6.07, 6.45) is 1.01. The Bertz CT molecular complexity index is 558. The van der Waals surface area contributed by atoms with E-state index in [2.05, 4.69) is 70.3 Å². The van der Waals surface area contributed by atoms with Gasteiger partial charge < -0.3 is 10.2 Å². The van der Waals surface area contributed by atoms with Gasteiger partial charge >= 0.3 is 0 Å². The highest BCUT2D eigenvalue weighted by Crippen LogP contribution is 2.08. The Morgan fingerprint density at radius 1 is 1.19 bits per heavy atom. The van der Waals surface area contributed by atoms with Crippen molar-refractivity contribution in [3.05, 3.63) is 57.8 Å². The van der Waals surface area contributed by atoms with E-state index < -0.39 is 0 Å². The van der Waals surface area contributed by atoms with Crippen LogP contribution in [0.1, 0.15) is 16.7 Å². The molecule has 4 heteroatoms. The van der Waals surface area contributed by atoms with Gasteiger partial charge in [0.2, 0.25) is 0 Å². The van der Waals surface area contributed by atoms with E-state index in [1.807, 2.05) is 7.05 Å². The first-order valence-electron chi connectivity index (χ1n) is 7.17. The minimum Gasteiger partial charge on any atom is -0.356 e. The molecule has 1 heterocycles. The number of benzene rings is 1. The zero-order chi connectivity index (χ0) is 15.1. The Morgan fingerprint density at radius 3 is 2.57 bits per heavy atom. The van der Waals surface area contributed by atoms with Gasteiger partial charge in [0, 0.05) is 27.2 Å². The number of hydrogen-bond acceptors (Lipinski definition) is 2. The minimum absolute atomic E-state index is 0.883. The van der Waals surface area contributed by atoms with E-state index in [1.165, 1.54) is 16.7 Å². The molecule has 0 amide bonds. The van der Waals surface area contributed by atoms with Crippen LogP contribution in [0.5, 0.6) is 0 Å². The summed E-state index contributed by atoms with van der Waals surface area (Å²) in [5, 5.41) is 7.71. The van der Waals surface area contributed by atoms with Crippen LogP contribution >= 0.6 is 11.3 Å². The summed E-state index contributed by atoms with van der Waals surface area (Å²) in [6.45, 7) is 3.89. The molecular formula is C17H23N3S. The van der Waals surface area contributed by atoms with Gasteiger partial charge in [0.05, 0.1) is 0 Å². The molecule has 112 valence electrons. The first kappa shape index (κ1) is 15.6. The number of aryl methyl sites for hydroxylation is 1. The smallest absolute Gasteiger partial charge is 0.193 e. The molecule has 1 N–H and O–H groups in total. The Balaban J connectivity index is 1.81. The van der Waals surface area contributed by atoms with Gasteiger partial charge in [-0.3, -0.25) is 4.99 Å². The number of guanidine groups is 1. The van der Waals surface area contributed by atoms with Crippen LogP contribution in [0, 0.1) is 6.92 Å². The maximum Gasteiger partial charge on any atom is 0.193 e. The Labute approximate surface area is 131 Å². The van der Waals surface area contributed by atoms with E-state index in [0.717, 1.165) is 25.5 Å². The van der Waals surface area contributed by atoms with Crippen LogP contribution in [0.3, 0.4) is 0 Å². The van der Waals surface area contributed by atoms with Crippen molar-refractivity contribution in [1.82, 2.24) is 10.2 Å². The molecule has 0 aliphatic carbocycles. The Kier molecular flexibility index (Phi) is 5.81. The van der Waals surface area contributed by atoms with Crippen LogP contribution in [0.4, 0.5) is 0 Å². The molecule has 2 aromatic rings. The molecule has 0 atom stereocenters. The molecule has 0 radical (unpaired) electrons. The van der Waals surface area contributed by atoms with Crippen LogP contribution in [-0.2, 0) is 13.0 Å². The van der Waals surface area contributed by atoms with Crippen molar-refractivity contribution in [3.8, 4) is 0 Å². The molecule has 21 heavy (non-hydrogen) atoms. The van der Waals surface area contributed by atoms with Crippen molar-refractivity contribution in [2.75, 3.05) is 20.6 Å². The first-order valence-corrected chi connectivity index (χ1v) is 8.11. The zero-order valence-corrected chi connectivity index (χ0v) is 13.8. The lowest BCUT2D eigenvalue weighted by Gasteiger charge is -2.21. The molecule has 2 rings (SSSR count). The number of hydrogen-bond donors (Lipinski definition) is 1. The number of rotatable bonds is 5. The number of thiophene rings is 1. The molecule has 1 aromatic heterocycles. The average molecular weight is 301 g/mol. The third-order valence-electron chi connectivity index (χ3n) is 3.39. The van der Waals surface area contributed by atoms with Crippen LogP contribution < -0.4 is 5.32 Å². The third-order valence-corrected chi connectivity index (χ3v) is 4.12. The van der Waals surface area contributed by atoms with Crippen molar-refractivity contribution in [2.24, 2.45) is 4.99 Å². The topological polar surface area (TPSA) is 27.6 Å². The fourth-order valence-corrected chi connectivity index (χ4v) is 2.85. The van der Waals surface area contributed by atoms with Crippen molar-refractivity contribution >= 4 is 17.3 Å². The van der Waals surface area contributed by atoms with E-state index in [4.69, 9.17) is 0 Å². The van der Waals surface area contributed by atoms with Crippen molar-refractivity contribution < 1.29 is 0 Å². The molecule has 3 nitrogen and oxygen atoms in total. The second-order valence-electron chi connectivity index (χ2n) is 5.20. The largest absolute Gasteiger partial charge is 0.356 e. The van der Waals surface area contributed by atoms with Crippen LogP contribution in [-0.4, -0.2) is 31.5 Å². The second-order valence-corrected chi connectivity index (χ2v) is 5.98. The normalized spacial score (nSPS) is 11.5. The van der Waals surface area contributed by atoms with Crippen LogP contribution in [0.2, 0.25) is 0 Å². The predicted molar refractivity (Wildman–Crippen MR) is 92.0 cm³/mol. The monoisotopic (exact) mass is 301 g/mol. The van der Waals surface area contributed by atoms with Gasteiger partial charge in [-0.25, -0.2) is 0 Å². The molecule has 0 saturated carbocycles. The summed E-state index contributed by atoms with van der Waals surface area (Å²) in [7, 11) is 3.90. The number of aliphatic imine (C=N–C) groups is 1. The van der Waals surface area contributed by atoms with Gasteiger partial charge in [0.1, 0.15) is 0 Å². The van der Waals surface area contributed by atoms with Crippen molar-refractivity contribution in [3.63, 3.8) is 0 Å². The zero-order valence-electron chi connectivity index (χ0n) is 13.0. The highest BCUT2D eigenvalue weighted by Gasteiger charge is 2.06. The molecule has 1 aromatic carbocycles. The third kappa shape index (κ3) is 4.90. The summed E-state index contributed by atoms with van der Waals surface area (Å²) < 4.78 is 0. The maximum atomic E-state index is 4.35. The molecule has 0 bridgehead atoms. The lowest BCUT2D eigenvalue weighted by atomic mass is 10.1. The van der Waals surface area contributed by atoms with E-state index in [-0.39, 0.29) is 0 Å². The molecule has 0 aliphatic heterocycles. The van der Waals surface area contributed by atoms with E-state index >= 15 is 0 Å². The van der Waals surface area contributed by atoms with Gasteiger partial charge in [-0.2, -0.15) is 11.3 Å². The molecule has 0 spiro atoms. The summed E-state index contributed by atoms with van der Waals surface area (Å²) in [6, 6.07) is 10.9. The van der Waals surface area contributed by atoms with Gasteiger partial charge in [-0.1, -0.05) is 29.8 Å². The van der Waals surface area contributed by atoms with E-state index in [1.54, 1.807) is 11.3 Å². The van der Waals surface area contributed by atoms with E-state index in [9.17, 15) is 0 Å². The Morgan fingerprint density at radius 2 is 1.95 bits per heavy atom. The quantitative estimate of drug-likeness (QED) is 0.678. The highest BCUT2D eigenvalue weighted by atomic mass is 32.1. The molecular weight excluding hydrogens is 278 g/mol. The maximum absolute atomic E-state index is 4.35. The number of nitrogens with zero attached hydrogens (tertiary/aromatic N) is 2. The lowest BCUT2D eigenvalue weighted by Crippen LogP contribution is -2.39. The molecule has 0 unspecified atom stereocenters. The van der Waals surface area contributed by atoms with Gasteiger partial charge in [0.15, 0.2) is 5.96 Å². The van der Waals surface area contributed by atoms with Gasteiger partial charge in [0.25, 0.3) is 0 Å². The molecule has 0 fully saturated rings. The van der Waals surface area contributed by atoms with Crippen LogP contribution in [0.15, 0.2) is 46.1 Å². The Hall–Kier alpha value is -1.81. The van der Waals surface area contributed by atoms with Crippen molar-refractivity contribution in [2.45, 2.75) is 19.9 Å². The summed E-state index contributed by atoms with van der Waals surface area (Å²) in [5.41, 5.74) is 3.98. The SMILES string of the molecule is CN=C(NCCc1ccc(C)cc1)N(C)Cc1ccsc1. The predicted octanol–water partition coefficient (Wildman–Crippen LogP) is 3.31. The van der Waals surface area contributed by atoms with Gasteiger partial charge in [-0.15, -0.1) is 0 Å². The van der Waals surface area contributed by atoms with Crippen molar-refractivity contribution in [1.29, 1.82) is 0 Å². The molecule has 0 aliphatic rings. The lowest BCUT2D eigenvalue weighted by molar-refractivity contribution is 0.478. The summed E-state index contributed by atoms with van der Waals surface area (Å²) >= 11 is 1.73. The highest BCUT2D eigenvalue weighted by molar-refractivity contribution is 7.07. The fraction of sp³-hybridized carbons (Fsp3) is 0.353. The minimum atomic E-state index is 0.883. The average Bonchev–Trinajstić information content (AvgIpc) is 2.98. The summed E-state index contributed by atoms with van der Waals surface area (Å²) in [4.78, 5) is 6.50. The van der Waals surface area contributed by atoms with Crippen LogP contribution in [0.25, 0.3) is 0 Å². The van der Waals surface area contributed by atoms with E-state index in [0.29, 0.717) is 0 Å². The van der Waals surface area contributed by atoms with Gasteiger partial charge in [-0.05, 0) is 41.3 Å². The number of nitrogens with one attached hydrogen (secondary N) is 1. The standard InChI is InChI=1S/C17H23N3S/c1-14-4-6-15(7-5-14)8-10-19-17(18-2)20(3)12-16-9-11-21-13-16/h4-7,9,11,13H,8,10,12H2,1-3H3,(H,18,19). The fourth-order valence-electron chi connectivity index (χ4n) is 2.19. The summed E-state index contributed by atoms with van der Waals surface area (Å²) in [5.74, 6) is 0.938. The second kappa shape index (κ2) is 7.84. The molecule has 0 saturated heterocycles. The first-order chi connectivity index (χ1) is 10.2.